The fraction of sp³-hybridized carbons (Fsp3) is 0.471. The van der Waals surface area contributed by atoms with Crippen LogP contribution in [0.5, 0.6) is 0 Å². The summed E-state index contributed by atoms with van der Waals surface area (Å²) < 4.78 is 2.12. The van der Waals surface area contributed by atoms with Crippen molar-refractivity contribution < 1.29 is 0 Å². The molecule has 2 unspecified atom stereocenters. The number of fused-ring (bicyclic) bond motifs is 2. The van der Waals surface area contributed by atoms with Crippen molar-refractivity contribution in [3.8, 4) is 6.07 Å². The van der Waals surface area contributed by atoms with Crippen molar-refractivity contribution in [3.05, 3.63) is 40.8 Å². The zero-order valence-electron chi connectivity index (χ0n) is 13.0. The maximum atomic E-state index is 8.97. The van der Waals surface area contributed by atoms with Gasteiger partial charge in [0.1, 0.15) is 11.9 Å². The molecule has 0 spiro atoms. The fourth-order valence-corrected chi connectivity index (χ4v) is 4.29. The monoisotopic (exact) mass is 327 g/mol. The van der Waals surface area contributed by atoms with Crippen LogP contribution in [0.4, 0.5) is 5.82 Å². The highest BCUT2D eigenvalue weighted by atomic mass is 35.5. The molecule has 23 heavy (non-hydrogen) atoms. The topological polar surface area (TPSA) is 57.7 Å². The predicted molar refractivity (Wildman–Crippen MR) is 88.5 cm³/mol. The summed E-state index contributed by atoms with van der Waals surface area (Å²) in [7, 11) is 0. The van der Waals surface area contributed by atoms with Crippen molar-refractivity contribution in [2.45, 2.75) is 50.7 Å². The second-order valence-corrected chi connectivity index (χ2v) is 6.96. The summed E-state index contributed by atoms with van der Waals surface area (Å²) >= 11 is 6.38. The average molecular weight is 328 g/mol. The van der Waals surface area contributed by atoms with E-state index >= 15 is 0 Å². The molecule has 2 saturated heterocycles. The van der Waals surface area contributed by atoms with Gasteiger partial charge in [-0.25, -0.2) is 4.98 Å². The van der Waals surface area contributed by atoms with E-state index in [1.807, 2.05) is 6.20 Å². The Kier molecular flexibility index (Phi) is 3.50. The van der Waals surface area contributed by atoms with E-state index < -0.39 is 0 Å². The summed E-state index contributed by atoms with van der Waals surface area (Å²) in [6.07, 6.45) is 10.1. The average Bonchev–Trinajstić information content (AvgIpc) is 3.08. The first-order chi connectivity index (χ1) is 11.2. The van der Waals surface area contributed by atoms with Gasteiger partial charge in [-0.15, -0.1) is 0 Å². The molecule has 2 aromatic rings. The Morgan fingerprint density at radius 3 is 2.52 bits per heavy atom. The number of hydrogen-bond donors (Lipinski definition) is 0. The molecule has 6 heteroatoms. The van der Waals surface area contributed by atoms with Crippen LogP contribution in [0.2, 0.25) is 5.02 Å². The van der Waals surface area contributed by atoms with Gasteiger partial charge >= 0.3 is 0 Å². The van der Waals surface area contributed by atoms with Crippen molar-refractivity contribution in [1.82, 2.24) is 14.8 Å². The molecule has 2 aromatic heterocycles. The van der Waals surface area contributed by atoms with Gasteiger partial charge in [0.15, 0.2) is 0 Å². The third-order valence-electron chi connectivity index (χ3n) is 5.01. The number of pyridine rings is 1. The van der Waals surface area contributed by atoms with Gasteiger partial charge in [-0.1, -0.05) is 11.6 Å². The van der Waals surface area contributed by atoms with E-state index in [4.69, 9.17) is 16.9 Å². The van der Waals surface area contributed by atoms with Crippen LogP contribution >= 0.6 is 11.6 Å². The number of anilines is 1. The van der Waals surface area contributed by atoms with Gasteiger partial charge in [-0.3, -0.25) is 4.68 Å². The fourth-order valence-electron chi connectivity index (χ4n) is 4.02. The number of nitriles is 1. The molecule has 2 atom stereocenters. The molecule has 4 heterocycles. The summed E-state index contributed by atoms with van der Waals surface area (Å²) in [6.45, 7) is 2.08. The number of piperidine rings is 1. The molecular weight excluding hydrogens is 310 g/mol. The smallest absolute Gasteiger partial charge is 0.147 e. The predicted octanol–water partition coefficient (Wildman–Crippen LogP) is 3.48. The lowest BCUT2D eigenvalue weighted by molar-refractivity contribution is 0.313. The number of hydrogen-bond acceptors (Lipinski definition) is 4. The minimum absolute atomic E-state index is 0.446. The minimum Gasteiger partial charge on any atom is -0.349 e. The standard InChI is InChI=1S/C17H18ClN5/c1-11-8-21-22(10-11)15-5-13-2-3-14(6-15)23(13)17-16(18)4-12(7-19)9-20-17/h4,8-10,13-15H,2-3,5-6H2,1H3. The lowest BCUT2D eigenvalue weighted by atomic mass is 9.97. The first-order valence-corrected chi connectivity index (χ1v) is 8.38. The van der Waals surface area contributed by atoms with Crippen LogP contribution in [0.15, 0.2) is 24.7 Å². The molecule has 118 valence electrons. The Labute approximate surface area is 140 Å². The first kappa shape index (κ1) is 14.5. The van der Waals surface area contributed by atoms with Crippen LogP contribution in [0.1, 0.15) is 42.9 Å². The third-order valence-corrected chi connectivity index (χ3v) is 5.29. The summed E-state index contributed by atoms with van der Waals surface area (Å²) in [5.74, 6) is 0.827. The zero-order chi connectivity index (χ0) is 16.0. The van der Waals surface area contributed by atoms with Gasteiger partial charge in [0.2, 0.25) is 0 Å². The maximum absolute atomic E-state index is 8.97. The maximum Gasteiger partial charge on any atom is 0.147 e. The highest BCUT2D eigenvalue weighted by Crippen LogP contribution is 2.44. The van der Waals surface area contributed by atoms with Gasteiger partial charge < -0.3 is 4.90 Å². The first-order valence-electron chi connectivity index (χ1n) is 8.00. The van der Waals surface area contributed by atoms with Crippen molar-refractivity contribution >= 4 is 17.4 Å². The van der Waals surface area contributed by atoms with Crippen LogP contribution in [0.3, 0.4) is 0 Å². The van der Waals surface area contributed by atoms with Gasteiger partial charge in [0.05, 0.1) is 22.8 Å². The largest absolute Gasteiger partial charge is 0.349 e. The van der Waals surface area contributed by atoms with Crippen molar-refractivity contribution in [3.63, 3.8) is 0 Å². The second-order valence-electron chi connectivity index (χ2n) is 6.56. The summed E-state index contributed by atoms with van der Waals surface area (Å²) in [5.41, 5.74) is 1.71. The number of nitrogens with zero attached hydrogens (tertiary/aromatic N) is 5. The Bertz CT molecular complexity index is 764. The highest BCUT2D eigenvalue weighted by molar-refractivity contribution is 6.33. The highest BCUT2D eigenvalue weighted by Gasteiger charge is 2.42. The lowest BCUT2D eigenvalue weighted by Crippen LogP contribution is -2.44. The molecule has 0 aliphatic carbocycles. The van der Waals surface area contributed by atoms with Gasteiger partial charge in [-0.2, -0.15) is 10.4 Å². The van der Waals surface area contributed by atoms with E-state index in [-0.39, 0.29) is 0 Å². The van der Waals surface area contributed by atoms with E-state index in [2.05, 4.69) is 38.9 Å². The Morgan fingerprint density at radius 2 is 1.96 bits per heavy atom. The molecule has 5 nitrogen and oxygen atoms in total. The van der Waals surface area contributed by atoms with Crippen LogP contribution < -0.4 is 4.90 Å². The SMILES string of the molecule is Cc1cnn(C2CC3CCC(C2)N3c2ncc(C#N)cc2Cl)c1. The van der Waals surface area contributed by atoms with E-state index in [1.54, 1.807) is 12.3 Å². The van der Waals surface area contributed by atoms with Crippen LogP contribution in [-0.2, 0) is 0 Å². The van der Waals surface area contributed by atoms with Crippen LogP contribution in [0, 0.1) is 18.3 Å². The van der Waals surface area contributed by atoms with E-state index in [0.29, 0.717) is 28.7 Å². The van der Waals surface area contributed by atoms with Crippen molar-refractivity contribution in [1.29, 1.82) is 5.26 Å². The Morgan fingerprint density at radius 1 is 1.22 bits per heavy atom. The van der Waals surface area contributed by atoms with Gasteiger partial charge in [0, 0.05) is 24.5 Å². The summed E-state index contributed by atoms with van der Waals surface area (Å²) in [6, 6.07) is 5.15. The van der Waals surface area contributed by atoms with E-state index in [9.17, 15) is 0 Å². The van der Waals surface area contributed by atoms with Crippen molar-refractivity contribution in [2.24, 2.45) is 0 Å². The molecule has 0 aromatic carbocycles. The number of halogens is 1. The number of aromatic nitrogens is 3. The third kappa shape index (κ3) is 2.47. The molecule has 2 bridgehead atoms. The zero-order valence-corrected chi connectivity index (χ0v) is 13.7. The lowest BCUT2D eigenvalue weighted by Gasteiger charge is -2.40. The van der Waals surface area contributed by atoms with E-state index in [0.717, 1.165) is 18.7 Å². The quantitative estimate of drug-likeness (QED) is 0.847. The molecule has 2 aliphatic heterocycles. The molecule has 0 N–H and O–H groups in total. The molecule has 0 saturated carbocycles. The molecule has 2 aliphatic rings. The summed E-state index contributed by atoms with van der Waals surface area (Å²) in [5, 5.41) is 14.0. The Hall–Kier alpha value is -2.06. The second kappa shape index (κ2) is 5.54. The molecule has 2 fully saturated rings. The van der Waals surface area contributed by atoms with Crippen molar-refractivity contribution in [2.75, 3.05) is 4.90 Å². The van der Waals surface area contributed by atoms with Crippen LogP contribution in [0.25, 0.3) is 0 Å². The minimum atomic E-state index is 0.446. The normalized spacial score (nSPS) is 26.3. The molecule has 4 rings (SSSR count). The summed E-state index contributed by atoms with van der Waals surface area (Å²) in [4.78, 5) is 6.84. The Balaban J connectivity index is 1.60. The number of aryl methyl sites for hydroxylation is 1. The molecular formula is C17H18ClN5. The van der Waals surface area contributed by atoms with Gasteiger partial charge in [-0.05, 0) is 44.2 Å². The van der Waals surface area contributed by atoms with E-state index in [1.165, 1.54) is 18.4 Å². The molecule has 0 amide bonds. The van der Waals surface area contributed by atoms with Crippen LogP contribution in [-0.4, -0.2) is 26.8 Å². The van der Waals surface area contributed by atoms with Gasteiger partial charge in [0.25, 0.3) is 0 Å². The molecule has 0 radical (unpaired) electrons. The number of rotatable bonds is 2.